The average Bonchev–Trinajstić information content (AvgIpc) is 2.46. The number of rotatable bonds is 2. The number of alkyl halides is 3. The fourth-order valence-electron chi connectivity index (χ4n) is 2.28. The maximum absolute atomic E-state index is 12.7. The van der Waals surface area contributed by atoms with Gasteiger partial charge in [-0.2, -0.15) is 13.2 Å². The van der Waals surface area contributed by atoms with E-state index in [9.17, 15) is 18.0 Å². The molecule has 0 aliphatic rings. The van der Waals surface area contributed by atoms with E-state index in [-0.39, 0.29) is 11.0 Å². The number of hydrogen-bond donors (Lipinski definition) is 1. The lowest BCUT2D eigenvalue weighted by Gasteiger charge is -2.23. The van der Waals surface area contributed by atoms with E-state index in [0.29, 0.717) is 5.69 Å². The molecule has 0 atom stereocenters. The van der Waals surface area contributed by atoms with Gasteiger partial charge in [0.25, 0.3) is 5.91 Å². The first-order chi connectivity index (χ1) is 10.6. The fraction of sp³-hybridized carbons (Fsp3) is 0.278. The predicted molar refractivity (Wildman–Crippen MR) is 84.5 cm³/mol. The summed E-state index contributed by atoms with van der Waals surface area (Å²) in [5.74, 6) is -0.562. The molecule has 122 valence electrons. The molecular weight excluding hydrogens is 303 g/mol. The maximum Gasteiger partial charge on any atom is 0.416 e. The van der Waals surface area contributed by atoms with Crippen molar-refractivity contribution in [2.45, 2.75) is 32.4 Å². The summed E-state index contributed by atoms with van der Waals surface area (Å²) in [7, 11) is 0. The second kappa shape index (κ2) is 6.07. The standard InChI is InChI=1S/C18H18F3NO/c1-17(2,3)14-9-4-5-10-15(14)22-16(23)12-7-6-8-13(11-12)18(19,20)21/h4-11H,1-3H3,(H,22,23). The monoisotopic (exact) mass is 321 g/mol. The highest BCUT2D eigenvalue weighted by atomic mass is 19.4. The van der Waals surface area contributed by atoms with E-state index in [0.717, 1.165) is 17.7 Å². The van der Waals surface area contributed by atoms with Gasteiger partial charge in [0, 0.05) is 11.3 Å². The first-order valence-electron chi connectivity index (χ1n) is 7.17. The van der Waals surface area contributed by atoms with Gasteiger partial charge in [0.15, 0.2) is 0 Å². The highest BCUT2D eigenvalue weighted by Crippen LogP contribution is 2.31. The lowest BCUT2D eigenvalue weighted by molar-refractivity contribution is -0.137. The Morgan fingerprint density at radius 3 is 2.22 bits per heavy atom. The molecule has 0 spiro atoms. The fourth-order valence-corrected chi connectivity index (χ4v) is 2.28. The summed E-state index contributed by atoms with van der Waals surface area (Å²) in [6.07, 6.45) is -4.47. The summed E-state index contributed by atoms with van der Waals surface area (Å²) in [4.78, 5) is 12.3. The molecule has 0 radical (unpaired) electrons. The molecule has 2 nitrogen and oxygen atoms in total. The molecule has 0 aliphatic heterocycles. The molecule has 0 fully saturated rings. The quantitative estimate of drug-likeness (QED) is 0.803. The number of amides is 1. The first-order valence-corrected chi connectivity index (χ1v) is 7.17. The SMILES string of the molecule is CC(C)(C)c1ccccc1NC(=O)c1cccc(C(F)(F)F)c1. The number of anilines is 1. The summed E-state index contributed by atoms with van der Waals surface area (Å²) in [5, 5.41) is 2.71. The van der Waals surface area contributed by atoms with Crippen LogP contribution < -0.4 is 5.32 Å². The molecular formula is C18H18F3NO. The molecule has 0 unspecified atom stereocenters. The van der Waals surface area contributed by atoms with Gasteiger partial charge in [-0.05, 0) is 35.2 Å². The molecule has 1 N–H and O–H groups in total. The first kappa shape index (κ1) is 17.1. The van der Waals surface area contributed by atoms with E-state index in [1.807, 2.05) is 32.9 Å². The lowest BCUT2D eigenvalue weighted by Crippen LogP contribution is -2.19. The zero-order valence-corrected chi connectivity index (χ0v) is 13.2. The molecule has 1 amide bonds. The van der Waals surface area contributed by atoms with Crippen LogP contribution in [-0.4, -0.2) is 5.91 Å². The molecule has 2 rings (SSSR count). The Hall–Kier alpha value is -2.30. The summed E-state index contributed by atoms with van der Waals surface area (Å²) in [6, 6.07) is 11.7. The van der Waals surface area contributed by atoms with Gasteiger partial charge in [0.05, 0.1) is 5.56 Å². The van der Waals surface area contributed by atoms with Crippen LogP contribution in [-0.2, 0) is 11.6 Å². The Balaban J connectivity index is 2.31. The maximum atomic E-state index is 12.7. The van der Waals surface area contributed by atoms with Crippen LogP contribution in [0, 0.1) is 0 Å². The lowest BCUT2D eigenvalue weighted by atomic mass is 9.86. The molecule has 0 aromatic heterocycles. The molecule has 5 heteroatoms. The van der Waals surface area contributed by atoms with Gasteiger partial charge in [0.2, 0.25) is 0 Å². The zero-order valence-electron chi connectivity index (χ0n) is 13.2. The highest BCUT2D eigenvalue weighted by Gasteiger charge is 2.31. The van der Waals surface area contributed by atoms with Crippen molar-refractivity contribution in [1.29, 1.82) is 0 Å². The number of hydrogen-bond acceptors (Lipinski definition) is 1. The van der Waals surface area contributed by atoms with Crippen molar-refractivity contribution in [3.8, 4) is 0 Å². The van der Waals surface area contributed by atoms with Crippen molar-refractivity contribution in [1.82, 2.24) is 0 Å². The van der Waals surface area contributed by atoms with E-state index in [2.05, 4.69) is 5.32 Å². The van der Waals surface area contributed by atoms with Gasteiger partial charge in [-0.1, -0.05) is 45.0 Å². The van der Waals surface area contributed by atoms with Crippen molar-refractivity contribution in [3.63, 3.8) is 0 Å². The van der Waals surface area contributed by atoms with Crippen molar-refractivity contribution >= 4 is 11.6 Å². The largest absolute Gasteiger partial charge is 0.416 e. The Labute approximate surface area is 133 Å². The number of nitrogens with one attached hydrogen (secondary N) is 1. The van der Waals surface area contributed by atoms with Crippen LogP contribution in [0.2, 0.25) is 0 Å². The smallest absolute Gasteiger partial charge is 0.322 e. The summed E-state index contributed by atoms with van der Waals surface area (Å²) in [6.45, 7) is 6.01. The molecule has 0 saturated heterocycles. The minimum absolute atomic E-state index is 0.0245. The second-order valence-electron chi connectivity index (χ2n) is 6.33. The van der Waals surface area contributed by atoms with Crippen molar-refractivity contribution < 1.29 is 18.0 Å². The van der Waals surface area contributed by atoms with E-state index < -0.39 is 17.6 Å². The molecule has 0 aliphatic carbocycles. The Bertz CT molecular complexity index is 715. The third-order valence-electron chi connectivity index (χ3n) is 3.44. The van der Waals surface area contributed by atoms with Crippen molar-refractivity contribution in [2.75, 3.05) is 5.32 Å². The van der Waals surface area contributed by atoms with Gasteiger partial charge in [-0.25, -0.2) is 0 Å². The van der Waals surface area contributed by atoms with Crippen molar-refractivity contribution in [3.05, 3.63) is 65.2 Å². The summed E-state index contributed by atoms with van der Waals surface area (Å²) >= 11 is 0. The molecule has 23 heavy (non-hydrogen) atoms. The molecule has 2 aromatic carbocycles. The molecule has 2 aromatic rings. The average molecular weight is 321 g/mol. The van der Waals surface area contributed by atoms with Gasteiger partial charge >= 0.3 is 6.18 Å². The minimum Gasteiger partial charge on any atom is -0.322 e. The van der Waals surface area contributed by atoms with Gasteiger partial charge < -0.3 is 5.32 Å². The predicted octanol–water partition coefficient (Wildman–Crippen LogP) is 5.26. The zero-order chi connectivity index (χ0) is 17.3. The highest BCUT2D eigenvalue weighted by molar-refractivity contribution is 6.04. The van der Waals surface area contributed by atoms with Crippen LogP contribution in [0.15, 0.2) is 48.5 Å². The van der Waals surface area contributed by atoms with Crippen LogP contribution in [0.1, 0.15) is 42.3 Å². The number of carbonyl (C=O) groups excluding carboxylic acids is 1. The molecule has 0 bridgehead atoms. The van der Waals surface area contributed by atoms with Crippen LogP contribution in [0.4, 0.5) is 18.9 Å². The summed E-state index contributed by atoms with van der Waals surface area (Å²) in [5.41, 5.74) is 0.457. The summed E-state index contributed by atoms with van der Waals surface area (Å²) < 4.78 is 38.2. The van der Waals surface area contributed by atoms with Crippen molar-refractivity contribution in [2.24, 2.45) is 0 Å². The Morgan fingerprint density at radius 2 is 1.61 bits per heavy atom. The minimum atomic E-state index is -4.47. The van der Waals surface area contributed by atoms with Gasteiger partial charge in [-0.3, -0.25) is 4.79 Å². The van der Waals surface area contributed by atoms with E-state index in [4.69, 9.17) is 0 Å². The number of carbonyl (C=O) groups is 1. The van der Waals surface area contributed by atoms with Crippen LogP contribution in [0.25, 0.3) is 0 Å². The van der Waals surface area contributed by atoms with Crippen LogP contribution in [0.5, 0.6) is 0 Å². The Kier molecular flexibility index (Phi) is 4.50. The number of benzene rings is 2. The van der Waals surface area contributed by atoms with E-state index >= 15 is 0 Å². The van der Waals surface area contributed by atoms with Gasteiger partial charge in [0.1, 0.15) is 0 Å². The third kappa shape index (κ3) is 4.12. The Morgan fingerprint density at radius 1 is 0.957 bits per heavy atom. The van der Waals surface area contributed by atoms with E-state index in [1.165, 1.54) is 12.1 Å². The topological polar surface area (TPSA) is 29.1 Å². The third-order valence-corrected chi connectivity index (χ3v) is 3.44. The molecule has 0 saturated carbocycles. The number of para-hydroxylation sites is 1. The number of halogens is 3. The van der Waals surface area contributed by atoms with Gasteiger partial charge in [-0.15, -0.1) is 0 Å². The second-order valence-corrected chi connectivity index (χ2v) is 6.33. The van der Waals surface area contributed by atoms with E-state index in [1.54, 1.807) is 12.1 Å². The normalized spacial score (nSPS) is 12.1. The molecule has 0 heterocycles. The van der Waals surface area contributed by atoms with Crippen LogP contribution >= 0.6 is 0 Å². The van der Waals surface area contributed by atoms with Crippen LogP contribution in [0.3, 0.4) is 0 Å².